The average molecular weight is 148 g/mol. The fourth-order valence-electron chi connectivity index (χ4n) is 0.405. The Morgan fingerprint density at radius 3 is 2.56 bits per heavy atom. The highest BCUT2D eigenvalue weighted by atomic mass is 32.1. The lowest BCUT2D eigenvalue weighted by molar-refractivity contribution is -0.142. The molecule has 9 heavy (non-hydrogen) atoms. The van der Waals surface area contributed by atoms with Gasteiger partial charge in [-0.05, 0) is 13.3 Å². The van der Waals surface area contributed by atoms with Crippen molar-refractivity contribution in [2.75, 3.05) is 6.61 Å². The monoisotopic (exact) mass is 148 g/mol. The maximum atomic E-state index is 10.7. The molecule has 0 amide bonds. The molecule has 0 aliphatic heterocycles. The van der Waals surface area contributed by atoms with Crippen LogP contribution in [-0.2, 0) is 9.53 Å². The SMILES string of the molecule is CCOC(=O)[C@H](S)CC. The van der Waals surface area contributed by atoms with E-state index in [0.29, 0.717) is 6.61 Å². The second-order valence-electron chi connectivity index (χ2n) is 1.68. The van der Waals surface area contributed by atoms with Gasteiger partial charge in [0, 0.05) is 0 Å². The molecule has 0 rings (SSSR count). The van der Waals surface area contributed by atoms with Gasteiger partial charge in [0.15, 0.2) is 0 Å². The van der Waals surface area contributed by atoms with E-state index in [9.17, 15) is 4.79 Å². The van der Waals surface area contributed by atoms with Crippen molar-refractivity contribution in [1.82, 2.24) is 0 Å². The van der Waals surface area contributed by atoms with Crippen LogP contribution in [0.2, 0.25) is 0 Å². The molecule has 0 aromatic heterocycles. The molecule has 54 valence electrons. The Kier molecular flexibility index (Phi) is 4.58. The second kappa shape index (κ2) is 4.68. The molecule has 0 aromatic carbocycles. The smallest absolute Gasteiger partial charge is 0.318 e. The van der Waals surface area contributed by atoms with Gasteiger partial charge in [0.1, 0.15) is 0 Å². The summed E-state index contributed by atoms with van der Waals surface area (Å²) < 4.78 is 4.68. The van der Waals surface area contributed by atoms with E-state index in [1.54, 1.807) is 6.92 Å². The van der Waals surface area contributed by atoms with Crippen LogP contribution in [0.5, 0.6) is 0 Å². The van der Waals surface area contributed by atoms with Crippen LogP contribution < -0.4 is 0 Å². The molecule has 0 radical (unpaired) electrons. The molecule has 0 N–H and O–H groups in total. The number of thiol groups is 1. The zero-order chi connectivity index (χ0) is 7.28. The lowest BCUT2D eigenvalue weighted by atomic mass is 10.3. The van der Waals surface area contributed by atoms with Crippen molar-refractivity contribution in [3.63, 3.8) is 0 Å². The van der Waals surface area contributed by atoms with Crippen LogP contribution in [0.1, 0.15) is 20.3 Å². The van der Waals surface area contributed by atoms with E-state index in [2.05, 4.69) is 17.4 Å². The third-order valence-corrected chi connectivity index (χ3v) is 1.52. The Morgan fingerprint density at radius 1 is 1.67 bits per heavy atom. The van der Waals surface area contributed by atoms with Gasteiger partial charge in [-0.1, -0.05) is 6.92 Å². The molecule has 0 spiro atoms. The van der Waals surface area contributed by atoms with Gasteiger partial charge in [-0.3, -0.25) is 4.79 Å². The van der Waals surface area contributed by atoms with Crippen molar-refractivity contribution >= 4 is 18.6 Å². The lowest BCUT2D eigenvalue weighted by Gasteiger charge is -2.04. The highest BCUT2D eigenvalue weighted by Gasteiger charge is 2.10. The van der Waals surface area contributed by atoms with Crippen molar-refractivity contribution in [2.45, 2.75) is 25.5 Å². The first kappa shape index (κ1) is 8.82. The van der Waals surface area contributed by atoms with E-state index in [0.717, 1.165) is 6.42 Å². The number of ether oxygens (including phenoxy) is 1. The van der Waals surface area contributed by atoms with Gasteiger partial charge in [-0.15, -0.1) is 0 Å². The highest BCUT2D eigenvalue weighted by Crippen LogP contribution is 2.01. The molecular formula is C6H12O2S. The van der Waals surface area contributed by atoms with Gasteiger partial charge in [-0.2, -0.15) is 12.6 Å². The molecule has 0 aromatic rings. The van der Waals surface area contributed by atoms with Gasteiger partial charge < -0.3 is 4.74 Å². The predicted molar refractivity (Wildman–Crippen MR) is 39.7 cm³/mol. The Balaban J connectivity index is 3.46. The summed E-state index contributed by atoms with van der Waals surface area (Å²) >= 11 is 3.98. The number of hydrogen-bond donors (Lipinski definition) is 1. The Labute approximate surface area is 61.0 Å². The van der Waals surface area contributed by atoms with E-state index in [1.807, 2.05) is 6.92 Å². The zero-order valence-corrected chi connectivity index (χ0v) is 6.65. The van der Waals surface area contributed by atoms with Crippen LogP contribution in [0.25, 0.3) is 0 Å². The molecule has 0 bridgehead atoms. The van der Waals surface area contributed by atoms with Crippen molar-refractivity contribution < 1.29 is 9.53 Å². The van der Waals surface area contributed by atoms with Crippen LogP contribution in [0.3, 0.4) is 0 Å². The second-order valence-corrected chi connectivity index (χ2v) is 2.30. The molecule has 3 heteroatoms. The lowest BCUT2D eigenvalue weighted by Crippen LogP contribution is -2.16. The Bertz CT molecular complexity index is 93.1. The van der Waals surface area contributed by atoms with Gasteiger partial charge in [0.25, 0.3) is 0 Å². The molecule has 0 heterocycles. The summed E-state index contributed by atoms with van der Waals surface area (Å²) in [5.41, 5.74) is 0. The first-order valence-corrected chi connectivity index (χ1v) is 3.58. The van der Waals surface area contributed by atoms with E-state index in [1.165, 1.54) is 0 Å². The summed E-state index contributed by atoms with van der Waals surface area (Å²) in [6.07, 6.45) is 0.724. The number of esters is 1. The third kappa shape index (κ3) is 3.40. The third-order valence-electron chi connectivity index (χ3n) is 0.945. The minimum Gasteiger partial charge on any atom is -0.465 e. The van der Waals surface area contributed by atoms with Crippen LogP contribution in [-0.4, -0.2) is 17.8 Å². The fraction of sp³-hybridized carbons (Fsp3) is 0.833. The summed E-state index contributed by atoms with van der Waals surface area (Å²) in [5, 5.41) is -0.245. The van der Waals surface area contributed by atoms with Gasteiger partial charge in [0.2, 0.25) is 0 Å². The van der Waals surface area contributed by atoms with Crippen molar-refractivity contribution in [1.29, 1.82) is 0 Å². The number of rotatable bonds is 3. The first-order chi connectivity index (χ1) is 4.22. The van der Waals surface area contributed by atoms with E-state index in [4.69, 9.17) is 0 Å². The molecule has 1 atom stereocenters. The van der Waals surface area contributed by atoms with Gasteiger partial charge in [-0.25, -0.2) is 0 Å². The fourth-order valence-corrected chi connectivity index (χ4v) is 0.480. The molecule has 2 nitrogen and oxygen atoms in total. The van der Waals surface area contributed by atoms with Crippen LogP contribution in [0.15, 0.2) is 0 Å². The van der Waals surface area contributed by atoms with Crippen molar-refractivity contribution in [3.05, 3.63) is 0 Å². The van der Waals surface area contributed by atoms with Gasteiger partial charge >= 0.3 is 5.97 Å². The van der Waals surface area contributed by atoms with Crippen molar-refractivity contribution in [3.8, 4) is 0 Å². The van der Waals surface area contributed by atoms with Gasteiger partial charge in [0.05, 0.1) is 11.9 Å². The van der Waals surface area contributed by atoms with Crippen LogP contribution >= 0.6 is 12.6 Å². The molecular weight excluding hydrogens is 136 g/mol. The number of carbonyl (C=O) groups excluding carboxylic acids is 1. The topological polar surface area (TPSA) is 26.3 Å². The first-order valence-electron chi connectivity index (χ1n) is 3.07. The maximum absolute atomic E-state index is 10.7. The van der Waals surface area contributed by atoms with E-state index < -0.39 is 0 Å². The Morgan fingerprint density at radius 2 is 2.22 bits per heavy atom. The zero-order valence-electron chi connectivity index (χ0n) is 5.76. The average Bonchev–Trinajstić information content (AvgIpc) is 1.87. The van der Waals surface area contributed by atoms with Crippen LogP contribution in [0.4, 0.5) is 0 Å². The Hall–Kier alpha value is -0.180. The molecule has 0 fully saturated rings. The summed E-state index contributed by atoms with van der Waals surface area (Å²) in [6.45, 7) is 4.12. The summed E-state index contributed by atoms with van der Waals surface area (Å²) in [6, 6.07) is 0. The van der Waals surface area contributed by atoms with Crippen LogP contribution in [0, 0.1) is 0 Å². The highest BCUT2D eigenvalue weighted by molar-refractivity contribution is 7.81. The van der Waals surface area contributed by atoms with E-state index >= 15 is 0 Å². The largest absolute Gasteiger partial charge is 0.465 e. The summed E-state index contributed by atoms with van der Waals surface area (Å²) in [5.74, 6) is -0.219. The summed E-state index contributed by atoms with van der Waals surface area (Å²) in [4.78, 5) is 10.7. The number of hydrogen-bond acceptors (Lipinski definition) is 3. The molecule has 0 unspecified atom stereocenters. The number of carbonyl (C=O) groups is 1. The molecule has 0 saturated carbocycles. The van der Waals surface area contributed by atoms with E-state index in [-0.39, 0.29) is 11.2 Å². The maximum Gasteiger partial charge on any atom is 0.318 e. The standard InChI is InChI=1S/C6H12O2S/c1-3-5(9)6(7)8-4-2/h5,9H,3-4H2,1-2H3/t5-/m1/s1. The molecule has 0 saturated heterocycles. The summed E-state index contributed by atoms with van der Waals surface area (Å²) in [7, 11) is 0. The van der Waals surface area contributed by atoms with Crippen molar-refractivity contribution in [2.24, 2.45) is 0 Å². The predicted octanol–water partition coefficient (Wildman–Crippen LogP) is 1.26. The minimum atomic E-state index is -0.245. The minimum absolute atomic E-state index is 0.219. The quantitative estimate of drug-likeness (QED) is 0.481. The normalized spacial score (nSPS) is 12.8. The molecule has 0 aliphatic rings. The molecule has 0 aliphatic carbocycles.